The molecule has 1 atom stereocenters. The Bertz CT molecular complexity index is 1440. The number of hydrogen-bond acceptors (Lipinski definition) is 5. The second-order valence-electron chi connectivity index (χ2n) is 7.92. The Hall–Kier alpha value is -4.49. The minimum Gasteiger partial charge on any atom is -0.478 e. The van der Waals surface area contributed by atoms with Crippen molar-refractivity contribution in [3.05, 3.63) is 107 Å². The van der Waals surface area contributed by atoms with Crippen LogP contribution in [-0.4, -0.2) is 25.6 Å². The Morgan fingerprint density at radius 2 is 1.92 bits per heavy atom. The molecule has 2 aromatic carbocycles. The summed E-state index contributed by atoms with van der Waals surface area (Å²) in [7, 11) is 1.75. The first-order valence-electron chi connectivity index (χ1n) is 10.7. The molecule has 0 aliphatic rings. The number of aromatic nitrogens is 3. The number of halogens is 3. The van der Waals surface area contributed by atoms with Gasteiger partial charge in [-0.05, 0) is 41.5 Å². The van der Waals surface area contributed by atoms with Crippen molar-refractivity contribution in [3.63, 3.8) is 0 Å². The van der Waals surface area contributed by atoms with Gasteiger partial charge in [0.15, 0.2) is 0 Å². The molecule has 0 amide bonds. The van der Waals surface area contributed by atoms with Gasteiger partial charge in [0.25, 0.3) is 0 Å². The molecular formula is C26H19F3N4O3. The molecule has 0 fully saturated rings. The van der Waals surface area contributed by atoms with Gasteiger partial charge in [0.1, 0.15) is 6.10 Å². The van der Waals surface area contributed by atoms with Crippen LogP contribution in [0.15, 0.2) is 73.3 Å². The van der Waals surface area contributed by atoms with E-state index in [1.54, 1.807) is 30.2 Å². The fourth-order valence-corrected chi connectivity index (χ4v) is 3.79. The number of aryl methyl sites for hydroxylation is 1. The van der Waals surface area contributed by atoms with E-state index in [1.807, 2.05) is 6.07 Å². The van der Waals surface area contributed by atoms with Crippen LogP contribution < -0.4 is 0 Å². The zero-order valence-electron chi connectivity index (χ0n) is 18.9. The summed E-state index contributed by atoms with van der Waals surface area (Å²) in [6, 6.07) is 14.6. The van der Waals surface area contributed by atoms with E-state index in [-0.39, 0.29) is 28.9 Å². The van der Waals surface area contributed by atoms with Gasteiger partial charge < -0.3 is 14.4 Å². The van der Waals surface area contributed by atoms with E-state index in [4.69, 9.17) is 9.84 Å². The monoisotopic (exact) mass is 492 g/mol. The molecule has 0 aliphatic heterocycles. The largest absolute Gasteiger partial charge is 0.478 e. The SMILES string of the molecule is Cn1cncc1C(OCc1ccc(C(=O)O)cn1)c1ccc(C#N)c(-c2ccccc2C(F)(F)F)c1. The highest BCUT2D eigenvalue weighted by molar-refractivity contribution is 5.87. The Kier molecular flexibility index (Phi) is 6.85. The summed E-state index contributed by atoms with van der Waals surface area (Å²) in [5, 5.41) is 18.7. The lowest BCUT2D eigenvalue weighted by molar-refractivity contribution is -0.137. The van der Waals surface area contributed by atoms with Crippen LogP contribution in [0.2, 0.25) is 0 Å². The number of nitriles is 1. The standard InChI is InChI=1S/C26H19F3N4O3/c1-33-15-31-13-23(33)24(36-14-19-9-8-18(12-32-19)25(34)35)16-6-7-17(11-30)21(10-16)20-4-2-3-5-22(20)26(27,28)29/h2-10,12-13,15,24H,14H2,1H3,(H,34,35). The van der Waals surface area contributed by atoms with Gasteiger partial charge in [-0.3, -0.25) is 4.98 Å². The van der Waals surface area contributed by atoms with Gasteiger partial charge in [-0.25, -0.2) is 9.78 Å². The fourth-order valence-electron chi connectivity index (χ4n) is 3.79. The lowest BCUT2D eigenvalue weighted by Crippen LogP contribution is -2.12. The third-order valence-electron chi connectivity index (χ3n) is 5.58. The average Bonchev–Trinajstić information content (AvgIpc) is 3.29. The van der Waals surface area contributed by atoms with Crippen molar-refractivity contribution in [2.24, 2.45) is 7.05 Å². The lowest BCUT2D eigenvalue weighted by Gasteiger charge is -2.21. The molecule has 2 aromatic heterocycles. The number of hydrogen-bond donors (Lipinski definition) is 1. The average molecular weight is 492 g/mol. The van der Waals surface area contributed by atoms with E-state index in [1.165, 1.54) is 48.7 Å². The van der Waals surface area contributed by atoms with Crippen LogP contribution in [0.4, 0.5) is 13.2 Å². The van der Waals surface area contributed by atoms with Gasteiger partial charge in [0.05, 0.1) is 53.3 Å². The summed E-state index contributed by atoms with van der Waals surface area (Å²) < 4.78 is 49.0. The maximum atomic E-state index is 13.7. The van der Waals surface area contributed by atoms with Crippen molar-refractivity contribution in [3.8, 4) is 17.2 Å². The van der Waals surface area contributed by atoms with E-state index < -0.39 is 23.8 Å². The predicted molar refractivity (Wildman–Crippen MR) is 123 cm³/mol. The van der Waals surface area contributed by atoms with Crippen molar-refractivity contribution in [2.75, 3.05) is 0 Å². The van der Waals surface area contributed by atoms with Crippen LogP contribution in [0.3, 0.4) is 0 Å². The number of pyridine rings is 1. The van der Waals surface area contributed by atoms with Gasteiger partial charge in [0, 0.05) is 18.8 Å². The van der Waals surface area contributed by atoms with E-state index in [2.05, 4.69) is 9.97 Å². The number of carbonyl (C=O) groups is 1. The molecule has 0 saturated heterocycles. The number of imidazole rings is 1. The van der Waals surface area contributed by atoms with Gasteiger partial charge >= 0.3 is 12.1 Å². The molecule has 10 heteroatoms. The number of nitrogens with zero attached hydrogens (tertiary/aromatic N) is 4. The highest BCUT2D eigenvalue weighted by Crippen LogP contribution is 2.39. The minimum absolute atomic E-state index is 0.00970. The van der Waals surface area contributed by atoms with Gasteiger partial charge in [-0.15, -0.1) is 0 Å². The summed E-state index contributed by atoms with van der Waals surface area (Å²) >= 11 is 0. The van der Waals surface area contributed by atoms with Crippen LogP contribution in [0.1, 0.15) is 44.5 Å². The molecule has 1 N–H and O–H groups in total. The Morgan fingerprint density at radius 3 is 2.53 bits per heavy atom. The quantitative estimate of drug-likeness (QED) is 0.372. The maximum Gasteiger partial charge on any atom is 0.417 e. The normalized spacial score (nSPS) is 12.2. The molecule has 182 valence electrons. The minimum atomic E-state index is -4.61. The molecule has 1 unspecified atom stereocenters. The molecular weight excluding hydrogens is 473 g/mol. The molecule has 7 nitrogen and oxygen atoms in total. The van der Waals surface area contributed by atoms with Crippen LogP contribution in [-0.2, 0) is 24.6 Å². The third-order valence-corrected chi connectivity index (χ3v) is 5.58. The number of ether oxygens (including phenoxy) is 1. The van der Waals surface area contributed by atoms with Crippen molar-refractivity contribution in [1.82, 2.24) is 14.5 Å². The molecule has 36 heavy (non-hydrogen) atoms. The second-order valence-corrected chi connectivity index (χ2v) is 7.92. The van der Waals surface area contributed by atoms with E-state index in [9.17, 15) is 23.2 Å². The summed E-state index contributed by atoms with van der Waals surface area (Å²) in [5.41, 5.74) is 0.874. The topological polar surface area (TPSA) is 101 Å². The highest BCUT2D eigenvalue weighted by atomic mass is 19.4. The van der Waals surface area contributed by atoms with Crippen molar-refractivity contribution >= 4 is 5.97 Å². The number of aromatic carboxylic acids is 1. The predicted octanol–water partition coefficient (Wildman–Crippen LogP) is 5.38. The lowest BCUT2D eigenvalue weighted by atomic mass is 9.92. The number of alkyl halides is 3. The Labute approximate surface area is 204 Å². The molecule has 0 aliphatic carbocycles. The molecule has 4 rings (SSSR count). The van der Waals surface area contributed by atoms with E-state index in [0.29, 0.717) is 17.0 Å². The zero-order valence-corrected chi connectivity index (χ0v) is 18.9. The summed E-state index contributed by atoms with van der Waals surface area (Å²) in [6.07, 6.45) is -1.01. The number of benzene rings is 2. The summed E-state index contributed by atoms with van der Waals surface area (Å²) in [4.78, 5) is 19.3. The van der Waals surface area contributed by atoms with Crippen LogP contribution in [0, 0.1) is 11.3 Å². The molecule has 4 aromatic rings. The molecule has 0 radical (unpaired) electrons. The first kappa shape index (κ1) is 24.6. The van der Waals surface area contributed by atoms with E-state index in [0.717, 1.165) is 6.07 Å². The summed E-state index contributed by atoms with van der Waals surface area (Å²) in [6.45, 7) is -0.00970. The molecule has 0 bridgehead atoms. The van der Waals surface area contributed by atoms with Crippen molar-refractivity contribution < 1.29 is 27.8 Å². The van der Waals surface area contributed by atoms with E-state index >= 15 is 0 Å². The highest BCUT2D eigenvalue weighted by Gasteiger charge is 2.34. The zero-order chi connectivity index (χ0) is 25.9. The van der Waals surface area contributed by atoms with Gasteiger partial charge in [0.2, 0.25) is 0 Å². The van der Waals surface area contributed by atoms with Crippen molar-refractivity contribution in [2.45, 2.75) is 18.9 Å². The van der Waals surface area contributed by atoms with Crippen LogP contribution >= 0.6 is 0 Å². The summed E-state index contributed by atoms with van der Waals surface area (Å²) in [5.74, 6) is -1.10. The second kappa shape index (κ2) is 10.0. The third kappa shape index (κ3) is 5.11. The van der Waals surface area contributed by atoms with Crippen molar-refractivity contribution in [1.29, 1.82) is 5.26 Å². The maximum absolute atomic E-state index is 13.7. The fraction of sp³-hybridized carbons (Fsp3) is 0.154. The molecule has 0 saturated carbocycles. The molecule has 0 spiro atoms. The number of carboxylic acid groups (broad SMARTS) is 1. The number of rotatable bonds is 7. The smallest absolute Gasteiger partial charge is 0.417 e. The first-order chi connectivity index (χ1) is 17.2. The number of carboxylic acids is 1. The Morgan fingerprint density at radius 1 is 1.14 bits per heavy atom. The van der Waals surface area contributed by atoms with Gasteiger partial charge in [-0.1, -0.05) is 24.3 Å². The van der Waals surface area contributed by atoms with Crippen LogP contribution in [0.5, 0.6) is 0 Å². The van der Waals surface area contributed by atoms with Gasteiger partial charge in [-0.2, -0.15) is 18.4 Å². The molecule has 2 heterocycles. The Balaban J connectivity index is 1.76. The first-order valence-corrected chi connectivity index (χ1v) is 10.7. The van der Waals surface area contributed by atoms with Crippen LogP contribution in [0.25, 0.3) is 11.1 Å².